The van der Waals surface area contributed by atoms with Gasteiger partial charge in [0.15, 0.2) is 0 Å². The topological polar surface area (TPSA) is 62.5 Å². The molecule has 1 aromatic heterocycles. The van der Waals surface area contributed by atoms with Crippen LogP contribution in [-0.2, 0) is 4.79 Å². The van der Waals surface area contributed by atoms with Gasteiger partial charge in [-0.25, -0.2) is 0 Å². The Kier molecular flexibility index (Phi) is 7.02. The van der Waals surface area contributed by atoms with Crippen LogP contribution in [0.5, 0.6) is 0 Å². The smallest absolute Gasteiger partial charge is 0.277 e. The van der Waals surface area contributed by atoms with Gasteiger partial charge in [0.1, 0.15) is 0 Å². The molecule has 0 spiro atoms. The fraction of sp³-hybridized carbons (Fsp3) is 0.222. The summed E-state index contributed by atoms with van der Waals surface area (Å²) in [5, 5.41) is 8.59. The van der Waals surface area contributed by atoms with Gasteiger partial charge in [0, 0.05) is 31.7 Å². The third-order valence-electron chi connectivity index (χ3n) is 6.01. The molecule has 2 heterocycles. The van der Waals surface area contributed by atoms with Gasteiger partial charge >= 0.3 is 0 Å². The summed E-state index contributed by atoms with van der Waals surface area (Å²) in [6.45, 7) is 3.05. The van der Waals surface area contributed by atoms with Crippen LogP contribution in [0.2, 0.25) is 0 Å². The minimum atomic E-state index is 0.0973. The van der Waals surface area contributed by atoms with E-state index in [1.54, 1.807) is 0 Å². The van der Waals surface area contributed by atoms with E-state index in [0.29, 0.717) is 24.2 Å². The fourth-order valence-corrected chi connectivity index (χ4v) is 4.96. The van der Waals surface area contributed by atoms with Crippen molar-refractivity contribution in [1.82, 2.24) is 20.0 Å². The minimum Gasteiger partial charge on any atom is -0.411 e. The van der Waals surface area contributed by atoms with Gasteiger partial charge in [-0.2, -0.15) is 0 Å². The highest BCUT2D eigenvalue weighted by molar-refractivity contribution is 7.99. The maximum Gasteiger partial charge on any atom is 0.277 e. The van der Waals surface area contributed by atoms with Crippen LogP contribution in [-0.4, -0.2) is 57.8 Å². The van der Waals surface area contributed by atoms with Gasteiger partial charge in [-0.05, 0) is 23.3 Å². The lowest BCUT2D eigenvalue weighted by Gasteiger charge is -2.39. The lowest BCUT2D eigenvalue weighted by atomic mass is 9.96. The van der Waals surface area contributed by atoms with E-state index in [2.05, 4.69) is 63.6 Å². The third-order valence-corrected chi connectivity index (χ3v) is 6.81. The highest BCUT2D eigenvalue weighted by Gasteiger charge is 2.28. The molecule has 0 radical (unpaired) electrons. The maximum atomic E-state index is 12.9. The Morgan fingerprint density at radius 1 is 0.794 bits per heavy atom. The molecule has 0 unspecified atom stereocenters. The van der Waals surface area contributed by atoms with Crippen molar-refractivity contribution in [3.8, 4) is 11.5 Å². The molecular formula is C27H26N4O2S. The second-order valence-corrected chi connectivity index (χ2v) is 9.10. The van der Waals surface area contributed by atoms with Crippen molar-refractivity contribution in [3.63, 3.8) is 0 Å². The Bertz CT molecular complexity index is 1150. The summed E-state index contributed by atoms with van der Waals surface area (Å²) in [5.41, 5.74) is 3.42. The Hall–Kier alpha value is -3.42. The van der Waals surface area contributed by atoms with Gasteiger partial charge in [0.05, 0.1) is 11.8 Å². The summed E-state index contributed by atoms with van der Waals surface area (Å²) in [4.78, 5) is 17.3. The standard InChI is InChI=1S/C27H26N4O2S/c32-24(20-34-27-29-28-26(33-27)23-14-8-3-9-15-23)30-16-18-31(19-17-30)25(21-10-4-1-5-11-21)22-12-6-2-7-13-22/h1-15,25H,16-20H2. The quantitative estimate of drug-likeness (QED) is 0.363. The molecule has 0 atom stereocenters. The first-order valence-electron chi connectivity index (χ1n) is 11.4. The van der Waals surface area contributed by atoms with Gasteiger partial charge < -0.3 is 9.32 Å². The minimum absolute atomic E-state index is 0.0973. The zero-order chi connectivity index (χ0) is 23.2. The largest absolute Gasteiger partial charge is 0.411 e. The predicted octanol–water partition coefficient (Wildman–Crippen LogP) is 4.76. The molecule has 1 amide bonds. The Labute approximate surface area is 203 Å². The lowest BCUT2D eigenvalue weighted by Crippen LogP contribution is -2.50. The SMILES string of the molecule is O=C(CSc1nnc(-c2ccccc2)o1)N1CCN(C(c2ccccc2)c2ccccc2)CC1. The van der Waals surface area contributed by atoms with Crippen LogP contribution in [0.3, 0.4) is 0 Å². The van der Waals surface area contributed by atoms with E-state index in [9.17, 15) is 4.79 Å². The van der Waals surface area contributed by atoms with Gasteiger partial charge in [-0.1, -0.05) is 90.6 Å². The van der Waals surface area contributed by atoms with Gasteiger partial charge in [0.2, 0.25) is 11.8 Å². The van der Waals surface area contributed by atoms with Crippen LogP contribution < -0.4 is 0 Å². The third kappa shape index (κ3) is 5.21. The molecule has 34 heavy (non-hydrogen) atoms. The van der Waals surface area contributed by atoms with Crippen LogP contribution >= 0.6 is 11.8 Å². The first-order chi connectivity index (χ1) is 16.8. The zero-order valence-electron chi connectivity index (χ0n) is 18.8. The summed E-state index contributed by atoms with van der Waals surface area (Å²) in [6.07, 6.45) is 0. The molecule has 1 fully saturated rings. The van der Waals surface area contributed by atoms with Crippen LogP contribution in [0, 0.1) is 0 Å². The van der Waals surface area contributed by atoms with Gasteiger partial charge in [0.25, 0.3) is 5.22 Å². The van der Waals surface area contributed by atoms with Crippen LogP contribution in [0.25, 0.3) is 11.5 Å². The Balaban J connectivity index is 1.18. The van der Waals surface area contributed by atoms with Crippen LogP contribution in [0.1, 0.15) is 17.2 Å². The van der Waals surface area contributed by atoms with E-state index in [4.69, 9.17) is 4.42 Å². The monoisotopic (exact) mass is 470 g/mol. The second kappa shape index (κ2) is 10.7. The molecule has 1 saturated heterocycles. The van der Waals surface area contributed by atoms with Gasteiger partial charge in [-0.3, -0.25) is 9.69 Å². The van der Waals surface area contributed by atoms with E-state index in [-0.39, 0.29) is 17.7 Å². The number of nitrogens with zero attached hydrogens (tertiary/aromatic N) is 4. The summed E-state index contributed by atoms with van der Waals surface area (Å²) in [7, 11) is 0. The number of carbonyl (C=O) groups is 1. The Morgan fingerprint density at radius 2 is 1.35 bits per heavy atom. The van der Waals surface area contributed by atoms with Crippen molar-refractivity contribution in [2.24, 2.45) is 0 Å². The molecule has 7 heteroatoms. The second-order valence-electron chi connectivity index (χ2n) is 8.17. The normalized spacial score (nSPS) is 14.4. The molecule has 0 saturated carbocycles. The van der Waals surface area contributed by atoms with Crippen molar-refractivity contribution in [3.05, 3.63) is 102 Å². The number of hydrogen-bond acceptors (Lipinski definition) is 6. The average molecular weight is 471 g/mol. The summed E-state index contributed by atoms with van der Waals surface area (Å²) < 4.78 is 5.72. The van der Waals surface area contributed by atoms with E-state index in [0.717, 1.165) is 18.7 Å². The van der Waals surface area contributed by atoms with Crippen molar-refractivity contribution < 1.29 is 9.21 Å². The number of benzene rings is 3. The fourth-order valence-electron chi connectivity index (χ4n) is 4.29. The molecule has 3 aromatic carbocycles. The maximum absolute atomic E-state index is 12.9. The average Bonchev–Trinajstić information content (AvgIpc) is 3.39. The Morgan fingerprint density at radius 3 is 1.94 bits per heavy atom. The van der Waals surface area contributed by atoms with Crippen molar-refractivity contribution >= 4 is 17.7 Å². The molecule has 0 aliphatic carbocycles. The summed E-state index contributed by atoms with van der Waals surface area (Å²) in [5.74, 6) is 0.856. The van der Waals surface area contributed by atoms with Crippen LogP contribution in [0.15, 0.2) is 101 Å². The first kappa shape index (κ1) is 22.4. The molecule has 1 aliphatic rings. The first-order valence-corrected chi connectivity index (χ1v) is 12.4. The molecule has 1 aliphatic heterocycles. The molecule has 6 nitrogen and oxygen atoms in total. The van der Waals surface area contributed by atoms with E-state index >= 15 is 0 Å². The van der Waals surface area contributed by atoms with E-state index in [1.165, 1.54) is 22.9 Å². The summed E-state index contributed by atoms with van der Waals surface area (Å²) >= 11 is 1.29. The van der Waals surface area contributed by atoms with E-state index in [1.807, 2.05) is 47.4 Å². The number of rotatable bonds is 7. The van der Waals surface area contributed by atoms with Crippen molar-refractivity contribution in [2.45, 2.75) is 11.3 Å². The highest BCUT2D eigenvalue weighted by Crippen LogP contribution is 2.30. The number of amides is 1. The molecule has 0 N–H and O–H groups in total. The number of aromatic nitrogens is 2. The number of carbonyl (C=O) groups excluding carboxylic acids is 1. The molecule has 172 valence electrons. The zero-order valence-corrected chi connectivity index (χ0v) is 19.6. The summed E-state index contributed by atoms with van der Waals surface area (Å²) in [6, 6.07) is 31.0. The number of piperazine rings is 1. The lowest BCUT2D eigenvalue weighted by molar-refractivity contribution is -0.130. The molecule has 4 aromatic rings. The predicted molar refractivity (Wildman–Crippen MR) is 133 cm³/mol. The number of hydrogen-bond donors (Lipinski definition) is 0. The van der Waals surface area contributed by atoms with Crippen molar-refractivity contribution in [1.29, 1.82) is 0 Å². The van der Waals surface area contributed by atoms with E-state index < -0.39 is 0 Å². The molecule has 5 rings (SSSR count). The van der Waals surface area contributed by atoms with Crippen LogP contribution in [0.4, 0.5) is 0 Å². The van der Waals surface area contributed by atoms with Crippen molar-refractivity contribution in [2.75, 3.05) is 31.9 Å². The molecule has 0 bridgehead atoms. The number of thioether (sulfide) groups is 1. The molecular weight excluding hydrogens is 444 g/mol. The van der Waals surface area contributed by atoms with Gasteiger partial charge in [-0.15, -0.1) is 10.2 Å². The highest BCUT2D eigenvalue weighted by atomic mass is 32.2.